The number of ether oxygens (including phenoxy) is 3. The van der Waals surface area contributed by atoms with Crippen LogP contribution in [0, 0.1) is 4.77 Å². The molecule has 9 heteroatoms. The standard InChI is InChI=1S/C13H17ClN2O5S/c1-13(2)20-8-7(5-17)19-11(9(8)21-13)16-4-6(3-14)10(18)15-12(16)22/h4,7-9,11,17H,3,5H2,1-2H3,(H,15,18,22)/t7-,8-,9-,11-/m1/s1. The van der Waals surface area contributed by atoms with Crippen molar-refractivity contribution in [3.8, 4) is 0 Å². The zero-order valence-electron chi connectivity index (χ0n) is 12.1. The van der Waals surface area contributed by atoms with Crippen molar-refractivity contribution in [2.75, 3.05) is 6.61 Å². The van der Waals surface area contributed by atoms with Gasteiger partial charge in [-0.2, -0.15) is 0 Å². The van der Waals surface area contributed by atoms with E-state index in [1.807, 2.05) is 0 Å². The number of aliphatic hydroxyl groups excluding tert-OH is 1. The highest BCUT2D eigenvalue weighted by molar-refractivity contribution is 7.71. The van der Waals surface area contributed by atoms with Crippen LogP contribution in [0.1, 0.15) is 25.6 Å². The van der Waals surface area contributed by atoms with Crippen LogP contribution in [-0.2, 0) is 20.1 Å². The first-order valence-corrected chi connectivity index (χ1v) is 7.83. The number of halogens is 1. The van der Waals surface area contributed by atoms with E-state index in [-0.39, 0.29) is 22.8 Å². The summed E-state index contributed by atoms with van der Waals surface area (Å²) in [6, 6.07) is 0. The van der Waals surface area contributed by atoms with Crippen molar-refractivity contribution >= 4 is 23.8 Å². The summed E-state index contributed by atoms with van der Waals surface area (Å²) >= 11 is 11.0. The molecule has 2 aliphatic rings. The molecule has 0 unspecified atom stereocenters. The van der Waals surface area contributed by atoms with Gasteiger partial charge in [-0.25, -0.2) is 0 Å². The molecule has 2 aliphatic heterocycles. The minimum Gasteiger partial charge on any atom is -0.394 e. The predicted molar refractivity (Wildman–Crippen MR) is 80.3 cm³/mol. The second kappa shape index (κ2) is 5.70. The van der Waals surface area contributed by atoms with Crippen molar-refractivity contribution < 1.29 is 19.3 Å². The fourth-order valence-electron chi connectivity index (χ4n) is 2.84. The first-order chi connectivity index (χ1) is 10.4. The van der Waals surface area contributed by atoms with Crippen LogP contribution in [0.5, 0.6) is 0 Å². The fraction of sp³-hybridized carbons (Fsp3) is 0.692. The van der Waals surface area contributed by atoms with Gasteiger partial charge in [-0.05, 0) is 26.1 Å². The third-order valence-electron chi connectivity index (χ3n) is 3.76. The number of alkyl halides is 1. The van der Waals surface area contributed by atoms with Crippen LogP contribution in [0.3, 0.4) is 0 Å². The average Bonchev–Trinajstić information content (AvgIpc) is 2.92. The molecular formula is C13H17ClN2O5S. The second-order valence-corrected chi connectivity index (χ2v) is 6.42. The molecule has 22 heavy (non-hydrogen) atoms. The topological polar surface area (TPSA) is 85.7 Å². The molecule has 2 N–H and O–H groups in total. The first kappa shape index (κ1) is 16.1. The molecule has 0 radical (unpaired) electrons. The van der Waals surface area contributed by atoms with E-state index in [9.17, 15) is 9.90 Å². The molecule has 3 heterocycles. The van der Waals surface area contributed by atoms with Crippen LogP contribution in [0.2, 0.25) is 0 Å². The summed E-state index contributed by atoms with van der Waals surface area (Å²) < 4.78 is 19.3. The molecule has 122 valence electrons. The lowest BCUT2D eigenvalue weighted by Crippen LogP contribution is -2.31. The Labute approximate surface area is 136 Å². The van der Waals surface area contributed by atoms with Crippen molar-refractivity contribution in [1.29, 1.82) is 0 Å². The summed E-state index contributed by atoms with van der Waals surface area (Å²) in [5.41, 5.74) is 0.0504. The summed E-state index contributed by atoms with van der Waals surface area (Å²) in [5, 5.41) is 9.49. The van der Waals surface area contributed by atoms with Crippen LogP contribution in [0.25, 0.3) is 0 Å². The number of rotatable bonds is 3. The Morgan fingerprint density at radius 2 is 2.14 bits per heavy atom. The van der Waals surface area contributed by atoms with Crippen LogP contribution in [-0.4, -0.2) is 45.4 Å². The van der Waals surface area contributed by atoms with Gasteiger partial charge in [-0.15, -0.1) is 11.6 Å². The molecule has 0 saturated carbocycles. The van der Waals surface area contributed by atoms with Gasteiger partial charge < -0.3 is 19.3 Å². The third kappa shape index (κ3) is 2.64. The Morgan fingerprint density at radius 1 is 1.45 bits per heavy atom. The highest BCUT2D eigenvalue weighted by Gasteiger charge is 2.55. The van der Waals surface area contributed by atoms with Gasteiger partial charge in [0, 0.05) is 11.8 Å². The van der Waals surface area contributed by atoms with Crippen molar-refractivity contribution in [3.63, 3.8) is 0 Å². The number of aliphatic hydroxyl groups is 1. The zero-order chi connectivity index (χ0) is 16.1. The van der Waals surface area contributed by atoms with Gasteiger partial charge in [-0.3, -0.25) is 14.3 Å². The molecule has 2 fully saturated rings. The summed E-state index contributed by atoms with van der Waals surface area (Å²) in [7, 11) is 0. The van der Waals surface area contributed by atoms with Crippen molar-refractivity contribution in [1.82, 2.24) is 9.55 Å². The summed E-state index contributed by atoms with van der Waals surface area (Å²) in [6.45, 7) is 3.40. The maximum Gasteiger partial charge on any atom is 0.256 e. The highest BCUT2D eigenvalue weighted by Crippen LogP contribution is 2.42. The van der Waals surface area contributed by atoms with Gasteiger partial charge in [-0.1, -0.05) is 0 Å². The summed E-state index contributed by atoms with van der Waals surface area (Å²) in [5.74, 6) is -0.720. The molecule has 0 amide bonds. The summed E-state index contributed by atoms with van der Waals surface area (Å²) in [6.07, 6.45) is -0.406. The van der Waals surface area contributed by atoms with Gasteiger partial charge in [0.25, 0.3) is 5.56 Å². The molecule has 1 aromatic heterocycles. The number of aromatic nitrogens is 2. The average molecular weight is 349 g/mol. The zero-order valence-corrected chi connectivity index (χ0v) is 13.7. The molecule has 0 bridgehead atoms. The molecule has 4 atom stereocenters. The van der Waals surface area contributed by atoms with Crippen LogP contribution in [0.4, 0.5) is 0 Å². The van der Waals surface area contributed by atoms with E-state index in [0.717, 1.165) is 0 Å². The van der Waals surface area contributed by atoms with E-state index >= 15 is 0 Å². The van der Waals surface area contributed by atoms with E-state index in [1.165, 1.54) is 0 Å². The van der Waals surface area contributed by atoms with E-state index in [0.29, 0.717) is 5.56 Å². The number of nitrogens with zero attached hydrogens (tertiary/aromatic N) is 1. The number of hydrogen-bond donors (Lipinski definition) is 2. The van der Waals surface area contributed by atoms with Gasteiger partial charge in [0.2, 0.25) is 0 Å². The smallest absolute Gasteiger partial charge is 0.256 e. The van der Waals surface area contributed by atoms with Crippen LogP contribution < -0.4 is 5.56 Å². The lowest BCUT2D eigenvalue weighted by molar-refractivity contribution is -0.200. The minimum atomic E-state index is -0.773. The number of fused-ring (bicyclic) bond motifs is 1. The SMILES string of the molecule is CC1(C)O[C@@H]2[C@H](O1)[C@@H](CO)O[C@H]2n1cc(CCl)c(=O)[nH]c1=S. The number of H-pyrrole nitrogens is 1. The number of nitrogens with one attached hydrogen (secondary N) is 1. The quantitative estimate of drug-likeness (QED) is 0.627. The van der Waals surface area contributed by atoms with Gasteiger partial charge >= 0.3 is 0 Å². The van der Waals surface area contributed by atoms with Crippen LogP contribution >= 0.6 is 23.8 Å². The Hall–Kier alpha value is -0.770. The first-order valence-electron chi connectivity index (χ1n) is 6.88. The minimum absolute atomic E-state index is 0.0536. The number of hydrogen-bond acceptors (Lipinski definition) is 6. The van der Waals surface area contributed by atoms with Crippen molar-refractivity contribution in [2.24, 2.45) is 0 Å². The molecule has 7 nitrogen and oxygen atoms in total. The van der Waals surface area contributed by atoms with E-state index in [2.05, 4.69) is 4.98 Å². The van der Waals surface area contributed by atoms with E-state index < -0.39 is 30.3 Å². The highest BCUT2D eigenvalue weighted by atomic mass is 35.5. The van der Waals surface area contributed by atoms with Gasteiger partial charge in [0.1, 0.15) is 18.3 Å². The Balaban J connectivity index is 2.02. The monoisotopic (exact) mass is 348 g/mol. The summed E-state index contributed by atoms with van der Waals surface area (Å²) in [4.78, 5) is 14.3. The van der Waals surface area contributed by atoms with Crippen molar-refractivity contribution in [2.45, 2.75) is 50.1 Å². The largest absolute Gasteiger partial charge is 0.394 e. The maximum atomic E-state index is 11.7. The lowest BCUT2D eigenvalue weighted by Gasteiger charge is -2.25. The lowest BCUT2D eigenvalue weighted by atomic mass is 10.1. The normalized spacial score (nSPS) is 33.1. The molecule has 3 rings (SSSR count). The Morgan fingerprint density at radius 3 is 2.77 bits per heavy atom. The maximum absolute atomic E-state index is 11.7. The second-order valence-electron chi connectivity index (χ2n) is 5.77. The molecule has 0 aromatic carbocycles. The molecule has 0 aliphatic carbocycles. The molecular weight excluding hydrogens is 332 g/mol. The van der Waals surface area contributed by atoms with Crippen molar-refractivity contribution in [3.05, 3.63) is 26.9 Å². The molecule has 0 spiro atoms. The Bertz CT molecular complexity index is 688. The van der Waals surface area contributed by atoms with Crippen LogP contribution in [0.15, 0.2) is 11.0 Å². The molecule has 1 aromatic rings. The van der Waals surface area contributed by atoms with Gasteiger partial charge in [0.15, 0.2) is 16.8 Å². The van der Waals surface area contributed by atoms with E-state index in [1.54, 1.807) is 24.6 Å². The number of aromatic amines is 1. The predicted octanol–water partition coefficient (Wildman–Crippen LogP) is 1.05. The fourth-order valence-corrected chi connectivity index (χ4v) is 3.28. The molecule has 2 saturated heterocycles. The third-order valence-corrected chi connectivity index (χ3v) is 4.37. The Kier molecular flexibility index (Phi) is 4.17. The van der Waals surface area contributed by atoms with Gasteiger partial charge in [0.05, 0.1) is 12.5 Å². The van der Waals surface area contributed by atoms with E-state index in [4.69, 9.17) is 38.0 Å².